The van der Waals surface area contributed by atoms with Crippen LogP contribution in [0, 0.1) is 10.1 Å². The van der Waals surface area contributed by atoms with E-state index in [4.69, 9.17) is 0 Å². The van der Waals surface area contributed by atoms with Crippen LogP contribution < -0.4 is 10.6 Å². The van der Waals surface area contributed by atoms with Crippen molar-refractivity contribution in [3.8, 4) is 0 Å². The highest BCUT2D eigenvalue weighted by Crippen LogP contribution is 2.36. The Morgan fingerprint density at radius 2 is 2.30 bits per heavy atom. The molecule has 0 radical (unpaired) electrons. The lowest BCUT2D eigenvalue weighted by Gasteiger charge is -2.11. The second kappa shape index (κ2) is 5.50. The molecule has 6 heteroatoms. The largest absolute Gasteiger partial charge is 0.384 e. The fourth-order valence-electron chi connectivity index (χ4n) is 2.50. The molecule has 5 nitrogen and oxygen atoms in total. The third-order valence-corrected chi connectivity index (χ3v) is 4.21. The number of hydrogen-bond acceptors (Lipinski definition) is 5. The minimum Gasteiger partial charge on any atom is -0.384 e. The molecule has 0 bridgehead atoms. The molecule has 1 aliphatic rings. The number of nitrogens with zero attached hydrogens (tertiary/aromatic N) is 1. The van der Waals surface area contributed by atoms with E-state index in [2.05, 4.69) is 22.1 Å². The first-order valence-corrected chi connectivity index (χ1v) is 7.49. The highest BCUT2D eigenvalue weighted by atomic mass is 32.1. The highest BCUT2D eigenvalue weighted by molar-refractivity contribution is 7.07. The summed E-state index contributed by atoms with van der Waals surface area (Å²) in [4.78, 5) is 10.8. The van der Waals surface area contributed by atoms with Crippen LogP contribution >= 0.6 is 11.3 Å². The first-order valence-electron chi connectivity index (χ1n) is 6.55. The molecule has 2 aromatic rings. The first kappa shape index (κ1) is 12.9. The Kier molecular flexibility index (Phi) is 3.56. The zero-order chi connectivity index (χ0) is 13.9. The van der Waals surface area contributed by atoms with E-state index in [-0.39, 0.29) is 10.6 Å². The monoisotopic (exact) mass is 289 g/mol. The van der Waals surface area contributed by atoms with Gasteiger partial charge in [-0.25, -0.2) is 0 Å². The third-order valence-electron chi connectivity index (χ3n) is 3.47. The fourth-order valence-corrected chi connectivity index (χ4v) is 3.20. The van der Waals surface area contributed by atoms with Crippen LogP contribution in [0.25, 0.3) is 0 Å². The average molecular weight is 289 g/mol. The molecule has 0 fully saturated rings. The van der Waals surface area contributed by atoms with Crippen LogP contribution in [0.1, 0.15) is 11.1 Å². The number of fused-ring (bicyclic) bond motifs is 1. The lowest BCUT2D eigenvalue weighted by molar-refractivity contribution is -0.384. The molecule has 0 saturated carbocycles. The van der Waals surface area contributed by atoms with Gasteiger partial charge in [0.1, 0.15) is 5.69 Å². The topological polar surface area (TPSA) is 67.2 Å². The molecule has 104 valence electrons. The van der Waals surface area contributed by atoms with Crippen LogP contribution in [0.3, 0.4) is 0 Å². The number of benzene rings is 1. The Labute approximate surface area is 120 Å². The Balaban J connectivity index is 1.80. The summed E-state index contributed by atoms with van der Waals surface area (Å²) in [5.74, 6) is 0. The first-order chi connectivity index (χ1) is 9.75. The van der Waals surface area contributed by atoms with Gasteiger partial charge in [0.05, 0.1) is 4.92 Å². The van der Waals surface area contributed by atoms with Crippen LogP contribution in [0.2, 0.25) is 0 Å². The van der Waals surface area contributed by atoms with Gasteiger partial charge in [-0.05, 0) is 41.3 Å². The number of nitrogens with one attached hydrogen (secondary N) is 2. The number of thiophene rings is 1. The Bertz CT molecular complexity index is 626. The molecule has 1 aromatic heterocycles. The second-order valence-electron chi connectivity index (χ2n) is 4.73. The van der Waals surface area contributed by atoms with Crippen molar-refractivity contribution in [1.82, 2.24) is 0 Å². The molecule has 20 heavy (non-hydrogen) atoms. The summed E-state index contributed by atoms with van der Waals surface area (Å²) >= 11 is 1.67. The van der Waals surface area contributed by atoms with E-state index < -0.39 is 0 Å². The smallest absolute Gasteiger partial charge is 0.292 e. The maximum absolute atomic E-state index is 11.2. The standard InChI is InChI=1S/C14H15N3O2S/c18-17(19)13-2-1-12-11(4-7-15-12)14(13)16-6-3-10-5-8-20-9-10/h1-2,5,8-9,15-16H,3-4,6-7H2. The van der Waals surface area contributed by atoms with Crippen molar-refractivity contribution in [2.24, 2.45) is 0 Å². The number of rotatable bonds is 5. The summed E-state index contributed by atoms with van der Waals surface area (Å²) in [6.07, 6.45) is 1.70. The van der Waals surface area contributed by atoms with Gasteiger partial charge in [-0.3, -0.25) is 10.1 Å². The normalized spacial score (nSPS) is 12.8. The van der Waals surface area contributed by atoms with E-state index in [1.165, 1.54) is 5.56 Å². The van der Waals surface area contributed by atoms with Gasteiger partial charge < -0.3 is 10.6 Å². The van der Waals surface area contributed by atoms with Gasteiger partial charge in [-0.2, -0.15) is 11.3 Å². The van der Waals surface area contributed by atoms with Crippen molar-refractivity contribution >= 4 is 28.4 Å². The van der Waals surface area contributed by atoms with Gasteiger partial charge in [0.2, 0.25) is 0 Å². The van der Waals surface area contributed by atoms with Crippen LogP contribution in [-0.4, -0.2) is 18.0 Å². The van der Waals surface area contributed by atoms with Gasteiger partial charge in [0.15, 0.2) is 0 Å². The summed E-state index contributed by atoms with van der Waals surface area (Å²) in [6, 6.07) is 5.45. The van der Waals surface area contributed by atoms with Crippen molar-refractivity contribution in [2.75, 3.05) is 23.7 Å². The summed E-state index contributed by atoms with van der Waals surface area (Å²) in [5.41, 5.74) is 4.14. The lowest BCUT2D eigenvalue weighted by atomic mass is 10.1. The fraction of sp³-hybridized carbons (Fsp3) is 0.286. The number of nitro benzene ring substituents is 1. The zero-order valence-corrected chi connectivity index (χ0v) is 11.7. The molecule has 0 amide bonds. The van der Waals surface area contributed by atoms with Crippen LogP contribution in [0.5, 0.6) is 0 Å². The lowest BCUT2D eigenvalue weighted by Crippen LogP contribution is -2.08. The summed E-state index contributed by atoms with van der Waals surface area (Å²) in [6.45, 7) is 1.55. The van der Waals surface area contributed by atoms with Crippen LogP contribution in [0.15, 0.2) is 29.0 Å². The molecule has 0 saturated heterocycles. The van der Waals surface area contributed by atoms with E-state index >= 15 is 0 Å². The molecule has 0 unspecified atom stereocenters. The Morgan fingerprint density at radius 3 is 3.05 bits per heavy atom. The number of nitro groups is 1. The Morgan fingerprint density at radius 1 is 1.40 bits per heavy atom. The minimum absolute atomic E-state index is 0.165. The van der Waals surface area contributed by atoms with E-state index in [1.54, 1.807) is 23.5 Å². The van der Waals surface area contributed by atoms with Crippen molar-refractivity contribution in [2.45, 2.75) is 12.8 Å². The van der Waals surface area contributed by atoms with E-state index in [9.17, 15) is 10.1 Å². The van der Waals surface area contributed by atoms with Gasteiger partial charge in [0.25, 0.3) is 5.69 Å². The SMILES string of the molecule is O=[N+]([O-])c1ccc2c(c1NCCc1ccsc1)CCN2. The van der Waals surface area contributed by atoms with Gasteiger partial charge in [-0.1, -0.05) is 0 Å². The van der Waals surface area contributed by atoms with Crippen LogP contribution in [0.4, 0.5) is 17.1 Å². The number of anilines is 2. The van der Waals surface area contributed by atoms with E-state index in [0.29, 0.717) is 12.2 Å². The predicted octanol–water partition coefficient (Wildman–Crippen LogP) is 3.28. The molecule has 2 N–H and O–H groups in total. The van der Waals surface area contributed by atoms with Crippen molar-refractivity contribution in [1.29, 1.82) is 0 Å². The molecule has 1 aromatic carbocycles. The molecule has 1 aliphatic heterocycles. The second-order valence-corrected chi connectivity index (χ2v) is 5.51. The average Bonchev–Trinajstić information content (AvgIpc) is 3.08. The maximum Gasteiger partial charge on any atom is 0.292 e. The Hall–Kier alpha value is -2.08. The van der Waals surface area contributed by atoms with Crippen LogP contribution in [-0.2, 0) is 12.8 Å². The number of hydrogen-bond donors (Lipinski definition) is 2. The van der Waals surface area contributed by atoms with Crippen molar-refractivity contribution in [3.05, 3.63) is 50.2 Å². The minimum atomic E-state index is -0.314. The van der Waals surface area contributed by atoms with E-state index in [0.717, 1.165) is 30.6 Å². The highest BCUT2D eigenvalue weighted by Gasteiger charge is 2.23. The molecular formula is C14H15N3O2S. The third kappa shape index (κ3) is 2.46. The summed E-state index contributed by atoms with van der Waals surface area (Å²) in [5, 5.41) is 21.8. The van der Waals surface area contributed by atoms with E-state index in [1.807, 2.05) is 5.38 Å². The molecule has 3 rings (SSSR count). The molecule has 0 aliphatic carbocycles. The molecule has 0 spiro atoms. The zero-order valence-electron chi connectivity index (χ0n) is 10.9. The quantitative estimate of drug-likeness (QED) is 0.655. The molecule has 2 heterocycles. The summed E-state index contributed by atoms with van der Waals surface area (Å²) < 4.78 is 0. The summed E-state index contributed by atoms with van der Waals surface area (Å²) in [7, 11) is 0. The molecule has 0 atom stereocenters. The maximum atomic E-state index is 11.2. The molecular weight excluding hydrogens is 274 g/mol. The van der Waals surface area contributed by atoms with Crippen molar-refractivity contribution in [3.63, 3.8) is 0 Å². The van der Waals surface area contributed by atoms with Gasteiger partial charge >= 0.3 is 0 Å². The predicted molar refractivity (Wildman–Crippen MR) is 81.8 cm³/mol. The van der Waals surface area contributed by atoms with Gasteiger partial charge in [-0.15, -0.1) is 0 Å². The van der Waals surface area contributed by atoms with Gasteiger partial charge in [0, 0.05) is 30.4 Å². The van der Waals surface area contributed by atoms with Crippen molar-refractivity contribution < 1.29 is 4.92 Å².